The first kappa shape index (κ1) is 14.0. The van der Waals surface area contributed by atoms with Crippen molar-refractivity contribution in [1.82, 2.24) is 4.98 Å². The summed E-state index contributed by atoms with van der Waals surface area (Å²) in [6.07, 6.45) is 0. The van der Waals surface area contributed by atoms with Crippen molar-refractivity contribution in [3.05, 3.63) is 16.4 Å². The van der Waals surface area contributed by atoms with Crippen molar-refractivity contribution in [3.63, 3.8) is 0 Å². The number of nitriles is 1. The monoisotopic (exact) mass is 300 g/mol. The van der Waals surface area contributed by atoms with Gasteiger partial charge in [-0.2, -0.15) is 9.65 Å². The molecule has 0 bridgehead atoms. The lowest BCUT2D eigenvalue weighted by atomic mass is 10.1. The molecule has 0 aliphatic rings. The number of nitrogens with zero attached hydrogens (tertiary/aromatic N) is 1. The van der Waals surface area contributed by atoms with E-state index in [4.69, 9.17) is 40.1 Å². The second-order valence-corrected chi connectivity index (χ2v) is 6.61. The van der Waals surface area contributed by atoms with Gasteiger partial charge in [0.25, 0.3) is 0 Å². The minimum absolute atomic E-state index is 0.0535. The first-order valence-electron chi connectivity index (χ1n) is 4.33. The van der Waals surface area contributed by atoms with Crippen molar-refractivity contribution in [2.75, 3.05) is 0 Å². The van der Waals surface area contributed by atoms with Gasteiger partial charge in [-0.25, -0.2) is 0 Å². The molecule has 0 aromatic carbocycles. The van der Waals surface area contributed by atoms with Crippen LogP contribution in [0.2, 0.25) is 5.15 Å². The largest absolute Gasteiger partial charge is 0.347 e. The van der Waals surface area contributed by atoms with Crippen LogP contribution >= 0.6 is 46.6 Å². The number of alkyl halides is 3. The van der Waals surface area contributed by atoms with Crippen molar-refractivity contribution in [2.45, 2.75) is 28.6 Å². The van der Waals surface area contributed by atoms with Crippen molar-refractivity contribution in [2.24, 2.45) is 0 Å². The molecular weight excluding hydrogens is 294 g/mol. The third-order valence-electron chi connectivity index (χ3n) is 1.84. The number of thioether (sulfide) groups is 1. The summed E-state index contributed by atoms with van der Waals surface area (Å²) in [4.78, 5) is 3.18. The summed E-state index contributed by atoms with van der Waals surface area (Å²) < 4.78 is 10.7. The Hall–Kier alpha value is -0.0800. The van der Waals surface area contributed by atoms with Crippen LogP contribution in [-0.4, -0.2) is 8.90 Å². The molecule has 0 spiro atoms. The van der Waals surface area contributed by atoms with Gasteiger partial charge in [-0.15, -0.1) is 0 Å². The van der Waals surface area contributed by atoms with Crippen molar-refractivity contribution >= 4 is 46.6 Å². The van der Waals surface area contributed by atoms with Gasteiger partial charge in [0.05, 0.1) is 4.90 Å². The Morgan fingerprint density at radius 1 is 1.50 bits per heavy atom. The summed E-state index contributed by atoms with van der Waals surface area (Å²) in [5.74, 6) is 0.0535. The predicted octanol–water partition coefficient (Wildman–Crippen LogP) is 4.81. The lowest BCUT2D eigenvalue weighted by Gasteiger charge is -2.11. The molecule has 88 valence electrons. The average molecular weight is 302 g/mol. The Kier molecular flexibility index (Phi) is 4.42. The molecule has 0 saturated heterocycles. The number of aromatic nitrogens is 1. The fourth-order valence-corrected chi connectivity index (χ4v) is 2.84. The quantitative estimate of drug-likeness (QED) is 0.642. The van der Waals surface area contributed by atoms with Crippen LogP contribution in [-0.2, 0) is 0 Å². The molecule has 0 aliphatic carbocycles. The normalized spacial score (nSPS) is 11.9. The second kappa shape index (κ2) is 5.05. The molecule has 0 radical (unpaired) electrons. The highest BCUT2D eigenvalue weighted by Crippen LogP contribution is 2.46. The molecule has 1 heterocycles. The summed E-state index contributed by atoms with van der Waals surface area (Å²) in [6, 6.07) is 1.89. The maximum absolute atomic E-state index is 13.2. The molecule has 1 rings (SSSR count). The standard InChI is InChI=1S/C9H8Cl3FN2S/c1-4(2)6-7(16-9(11,12)13)5(3-14)8(10)15-6/h4,15H,1-2H3. The summed E-state index contributed by atoms with van der Waals surface area (Å²) in [6.45, 7) is 3.77. The van der Waals surface area contributed by atoms with E-state index in [9.17, 15) is 4.39 Å². The Bertz CT molecular complexity index is 431. The van der Waals surface area contributed by atoms with Gasteiger partial charge in [-0.1, -0.05) is 48.7 Å². The molecule has 1 aromatic heterocycles. The fraction of sp³-hybridized carbons (Fsp3) is 0.444. The molecule has 0 unspecified atom stereocenters. The minimum Gasteiger partial charge on any atom is -0.347 e. The van der Waals surface area contributed by atoms with Gasteiger partial charge in [0, 0.05) is 5.69 Å². The van der Waals surface area contributed by atoms with Gasteiger partial charge < -0.3 is 4.98 Å². The van der Waals surface area contributed by atoms with E-state index in [0.717, 1.165) is 0 Å². The molecule has 0 aliphatic heterocycles. The van der Waals surface area contributed by atoms with Crippen molar-refractivity contribution in [1.29, 1.82) is 5.26 Å². The Labute approximate surface area is 112 Å². The molecule has 0 saturated carbocycles. The first-order valence-corrected chi connectivity index (χ1v) is 6.28. The summed E-state index contributed by atoms with van der Waals surface area (Å²) in [5, 5.41) is 9.09. The lowest BCUT2D eigenvalue weighted by Crippen LogP contribution is -1.99. The summed E-state index contributed by atoms with van der Waals surface area (Å²) in [7, 11) is 0. The van der Waals surface area contributed by atoms with Crippen LogP contribution in [0.1, 0.15) is 31.0 Å². The van der Waals surface area contributed by atoms with Gasteiger partial charge in [0.2, 0.25) is 0 Å². The predicted molar refractivity (Wildman–Crippen MR) is 66.0 cm³/mol. The van der Waals surface area contributed by atoms with Crippen LogP contribution in [0.4, 0.5) is 4.39 Å². The van der Waals surface area contributed by atoms with Crippen molar-refractivity contribution in [3.8, 4) is 6.07 Å². The smallest absolute Gasteiger partial charge is 0.309 e. The maximum Gasteiger partial charge on any atom is 0.309 e. The zero-order valence-electron chi connectivity index (χ0n) is 8.44. The summed E-state index contributed by atoms with van der Waals surface area (Å²) in [5.41, 5.74) is 0.813. The zero-order chi connectivity index (χ0) is 12.5. The Balaban J connectivity index is 3.28. The van der Waals surface area contributed by atoms with Crippen LogP contribution in [0.3, 0.4) is 0 Å². The molecule has 1 aromatic rings. The van der Waals surface area contributed by atoms with Gasteiger partial charge >= 0.3 is 3.92 Å². The Morgan fingerprint density at radius 3 is 2.44 bits per heavy atom. The number of hydrogen-bond acceptors (Lipinski definition) is 2. The molecule has 7 heteroatoms. The number of halogens is 4. The van der Waals surface area contributed by atoms with Crippen LogP contribution in [0.25, 0.3) is 0 Å². The van der Waals surface area contributed by atoms with E-state index in [1.807, 2.05) is 19.9 Å². The van der Waals surface area contributed by atoms with E-state index >= 15 is 0 Å². The van der Waals surface area contributed by atoms with Gasteiger partial charge in [0.1, 0.15) is 16.8 Å². The molecule has 2 nitrogen and oxygen atoms in total. The van der Waals surface area contributed by atoms with Gasteiger partial charge in [0.15, 0.2) is 0 Å². The van der Waals surface area contributed by atoms with Crippen LogP contribution in [0.15, 0.2) is 4.90 Å². The third kappa shape index (κ3) is 3.21. The second-order valence-electron chi connectivity index (χ2n) is 3.37. The van der Waals surface area contributed by atoms with E-state index in [1.165, 1.54) is 0 Å². The number of hydrogen-bond donors (Lipinski definition) is 1. The zero-order valence-corrected chi connectivity index (χ0v) is 11.5. The molecule has 0 amide bonds. The molecule has 16 heavy (non-hydrogen) atoms. The number of rotatable bonds is 3. The summed E-state index contributed by atoms with van der Waals surface area (Å²) >= 11 is 16.9. The highest BCUT2D eigenvalue weighted by atomic mass is 35.5. The van der Waals surface area contributed by atoms with E-state index in [-0.39, 0.29) is 16.6 Å². The molecule has 0 atom stereocenters. The highest BCUT2D eigenvalue weighted by molar-refractivity contribution is 8.03. The lowest BCUT2D eigenvalue weighted by molar-refractivity contribution is 0.515. The van der Waals surface area contributed by atoms with Gasteiger partial charge in [-0.3, -0.25) is 0 Å². The van der Waals surface area contributed by atoms with E-state index in [2.05, 4.69) is 4.98 Å². The van der Waals surface area contributed by atoms with E-state index < -0.39 is 3.92 Å². The first-order chi connectivity index (χ1) is 7.26. The molecule has 1 N–H and O–H groups in total. The number of H-pyrrole nitrogens is 1. The number of nitrogens with one attached hydrogen (secondary N) is 1. The van der Waals surface area contributed by atoms with E-state index in [0.29, 0.717) is 22.4 Å². The average Bonchev–Trinajstić information content (AvgIpc) is 2.39. The highest BCUT2D eigenvalue weighted by Gasteiger charge is 2.30. The topological polar surface area (TPSA) is 39.6 Å². The van der Waals surface area contributed by atoms with Crippen LogP contribution in [0, 0.1) is 11.3 Å². The fourth-order valence-electron chi connectivity index (χ4n) is 1.20. The molecular formula is C9H8Cl3FN2S. The Morgan fingerprint density at radius 2 is 2.06 bits per heavy atom. The van der Waals surface area contributed by atoms with Crippen LogP contribution in [0.5, 0.6) is 0 Å². The van der Waals surface area contributed by atoms with Crippen LogP contribution < -0.4 is 0 Å². The maximum atomic E-state index is 13.2. The minimum atomic E-state index is -2.49. The third-order valence-corrected chi connectivity index (χ3v) is 3.45. The van der Waals surface area contributed by atoms with E-state index in [1.54, 1.807) is 0 Å². The van der Waals surface area contributed by atoms with Gasteiger partial charge in [-0.05, 0) is 17.7 Å². The SMILES string of the molecule is CC(C)c1[nH]c(Cl)c(C#N)c1SC(F)(Cl)Cl. The number of aromatic amines is 1. The molecule has 0 fully saturated rings. The van der Waals surface area contributed by atoms with Crippen molar-refractivity contribution < 1.29 is 4.39 Å².